The summed E-state index contributed by atoms with van der Waals surface area (Å²) in [6, 6.07) is 17.6. The average Bonchev–Trinajstić information content (AvgIpc) is 3.08. The Morgan fingerprint density at radius 1 is 1.03 bits per heavy atom. The Morgan fingerprint density at radius 3 is 2.23 bits per heavy atom. The van der Waals surface area contributed by atoms with Gasteiger partial charge in [0, 0.05) is 35.9 Å². The molecule has 1 amide bonds. The summed E-state index contributed by atoms with van der Waals surface area (Å²) in [7, 11) is 0. The SMILES string of the molecule is CCN(CC)c1ccc(/C=N\NC(=O)c2ccc(-n3c(C)ccc3C)cc2Cl)cc1. The Kier molecular flexibility index (Phi) is 6.95. The number of carbonyl (C=O) groups excluding carboxylic acids is 1. The maximum Gasteiger partial charge on any atom is 0.272 e. The molecule has 30 heavy (non-hydrogen) atoms. The molecule has 0 atom stereocenters. The van der Waals surface area contributed by atoms with Crippen molar-refractivity contribution in [3.8, 4) is 5.69 Å². The maximum atomic E-state index is 12.5. The van der Waals surface area contributed by atoms with Gasteiger partial charge < -0.3 is 9.47 Å². The highest BCUT2D eigenvalue weighted by Gasteiger charge is 2.12. The molecule has 0 aliphatic carbocycles. The number of amides is 1. The van der Waals surface area contributed by atoms with E-state index >= 15 is 0 Å². The molecule has 0 spiro atoms. The van der Waals surface area contributed by atoms with Crippen molar-refractivity contribution in [2.45, 2.75) is 27.7 Å². The van der Waals surface area contributed by atoms with Crippen LogP contribution in [0.4, 0.5) is 5.69 Å². The third-order valence-corrected chi connectivity index (χ3v) is 5.44. The van der Waals surface area contributed by atoms with Crippen molar-refractivity contribution in [3.63, 3.8) is 0 Å². The smallest absolute Gasteiger partial charge is 0.272 e. The number of rotatable bonds is 7. The minimum atomic E-state index is -0.344. The Balaban J connectivity index is 1.67. The number of nitrogens with one attached hydrogen (secondary N) is 1. The number of hydrogen-bond donors (Lipinski definition) is 1. The molecule has 0 saturated carbocycles. The van der Waals surface area contributed by atoms with Gasteiger partial charge in [0.2, 0.25) is 0 Å². The summed E-state index contributed by atoms with van der Waals surface area (Å²) >= 11 is 6.39. The second-order valence-corrected chi connectivity index (χ2v) is 7.49. The van der Waals surface area contributed by atoms with Gasteiger partial charge in [-0.3, -0.25) is 4.79 Å². The zero-order valence-corrected chi connectivity index (χ0v) is 18.6. The topological polar surface area (TPSA) is 49.6 Å². The molecule has 0 unspecified atom stereocenters. The lowest BCUT2D eigenvalue weighted by molar-refractivity contribution is 0.0955. The fourth-order valence-corrected chi connectivity index (χ4v) is 3.75. The van der Waals surface area contributed by atoms with E-state index in [1.807, 2.05) is 44.2 Å². The molecule has 0 radical (unpaired) electrons. The van der Waals surface area contributed by atoms with E-state index in [1.165, 1.54) is 5.69 Å². The Morgan fingerprint density at radius 2 is 1.67 bits per heavy atom. The predicted molar refractivity (Wildman–Crippen MR) is 125 cm³/mol. The van der Waals surface area contributed by atoms with Gasteiger partial charge in [0.05, 0.1) is 16.8 Å². The fraction of sp³-hybridized carbons (Fsp3) is 0.250. The van der Waals surface area contributed by atoms with Crippen LogP contribution >= 0.6 is 11.6 Å². The molecule has 3 aromatic rings. The monoisotopic (exact) mass is 422 g/mol. The fourth-order valence-electron chi connectivity index (χ4n) is 3.49. The van der Waals surface area contributed by atoms with Gasteiger partial charge in [-0.1, -0.05) is 23.7 Å². The molecule has 1 heterocycles. The van der Waals surface area contributed by atoms with Crippen LogP contribution in [0.2, 0.25) is 5.02 Å². The molecule has 6 heteroatoms. The number of carbonyl (C=O) groups is 1. The molecule has 2 aromatic carbocycles. The summed E-state index contributed by atoms with van der Waals surface area (Å²) < 4.78 is 2.09. The Hall–Kier alpha value is -3.05. The van der Waals surface area contributed by atoms with Crippen LogP contribution in [0.1, 0.15) is 41.2 Å². The summed E-state index contributed by atoms with van der Waals surface area (Å²) in [5.41, 5.74) is 8.16. The Labute approximate surface area is 183 Å². The molecule has 1 aromatic heterocycles. The largest absolute Gasteiger partial charge is 0.372 e. The van der Waals surface area contributed by atoms with Crippen molar-refractivity contribution in [3.05, 3.63) is 82.1 Å². The van der Waals surface area contributed by atoms with E-state index < -0.39 is 0 Å². The summed E-state index contributed by atoms with van der Waals surface area (Å²) in [6.07, 6.45) is 1.62. The lowest BCUT2D eigenvalue weighted by Crippen LogP contribution is -2.21. The minimum Gasteiger partial charge on any atom is -0.372 e. The summed E-state index contributed by atoms with van der Waals surface area (Å²) in [5.74, 6) is -0.344. The number of anilines is 1. The van der Waals surface area contributed by atoms with Crippen LogP contribution in [-0.2, 0) is 0 Å². The number of halogens is 1. The van der Waals surface area contributed by atoms with Crippen LogP contribution in [0, 0.1) is 13.8 Å². The zero-order valence-electron chi connectivity index (χ0n) is 17.8. The maximum absolute atomic E-state index is 12.5. The molecule has 1 N–H and O–H groups in total. The van der Waals surface area contributed by atoms with Crippen molar-refractivity contribution >= 4 is 29.4 Å². The standard InChI is InChI=1S/C24H27ClN4O/c1-5-28(6-2)20-11-9-19(10-12-20)16-26-27-24(30)22-14-13-21(15-23(22)25)29-17(3)7-8-18(29)4/h7-16H,5-6H2,1-4H3,(H,27,30)/b26-16-. The molecule has 0 aliphatic rings. The van der Waals surface area contributed by atoms with Gasteiger partial charge in [0.1, 0.15) is 0 Å². The third-order valence-electron chi connectivity index (χ3n) is 5.13. The highest BCUT2D eigenvalue weighted by atomic mass is 35.5. The van der Waals surface area contributed by atoms with E-state index in [0.29, 0.717) is 10.6 Å². The van der Waals surface area contributed by atoms with Gasteiger partial charge in [0.25, 0.3) is 5.91 Å². The van der Waals surface area contributed by atoms with E-state index in [9.17, 15) is 4.79 Å². The first-order chi connectivity index (χ1) is 14.4. The number of hydrazone groups is 1. The first-order valence-electron chi connectivity index (χ1n) is 10.1. The molecule has 0 aliphatic heterocycles. The Bertz CT molecular complexity index is 1030. The van der Waals surface area contributed by atoms with Gasteiger partial charge in [-0.05, 0) is 75.7 Å². The third kappa shape index (κ3) is 4.74. The van der Waals surface area contributed by atoms with Crippen molar-refractivity contribution < 1.29 is 4.79 Å². The lowest BCUT2D eigenvalue weighted by Gasteiger charge is -2.20. The van der Waals surface area contributed by atoms with Crippen LogP contribution in [0.25, 0.3) is 5.69 Å². The van der Waals surface area contributed by atoms with Crippen LogP contribution in [-0.4, -0.2) is 29.8 Å². The number of nitrogens with zero attached hydrogens (tertiary/aromatic N) is 3. The van der Waals surface area contributed by atoms with Gasteiger partial charge >= 0.3 is 0 Å². The molecule has 5 nitrogen and oxygen atoms in total. The highest BCUT2D eigenvalue weighted by Crippen LogP contribution is 2.23. The minimum absolute atomic E-state index is 0.344. The first-order valence-corrected chi connectivity index (χ1v) is 10.5. The summed E-state index contributed by atoms with van der Waals surface area (Å²) in [5, 5.41) is 4.46. The first kappa shape index (κ1) is 21.7. The van der Waals surface area contributed by atoms with E-state index in [0.717, 1.165) is 35.7 Å². The second kappa shape index (κ2) is 9.63. The van der Waals surface area contributed by atoms with Crippen LogP contribution < -0.4 is 10.3 Å². The lowest BCUT2D eigenvalue weighted by atomic mass is 10.2. The second-order valence-electron chi connectivity index (χ2n) is 7.08. The summed E-state index contributed by atoms with van der Waals surface area (Å²) in [4.78, 5) is 14.8. The van der Waals surface area contributed by atoms with Crippen LogP contribution in [0.15, 0.2) is 59.7 Å². The van der Waals surface area contributed by atoms with E-state index in [4.69, 9.17) is 11.6 Å². The average molecular weight is 423 g/mol. The van der Waals surface area contributed by atoms with E-state index in [1.54, 1.807) is 18.3 Å². The van der Waals surface area contributed by atoms with Crippen molar-refractivity contribution in [2.75, 3.05) is 18.0 Å². The van der Waals surface area contributed by atoms with Gasteiger partial charge in [0.15, 0.2) is 0 Å². The van der Waals surface area contributed by atoms with Crippen molar-refractivity contribution in [1.29, 1.82) is 0 Å². The van der Waals surface area contributed by atoms with E-state index in [-0.39, 0.29) is 5.91 Å². The molecule has 0 saturated heterocycles. The molecule has 156 valence electrons. The highest BCUT2D eigenvalue weighted by molar-refractivity contribution is 6.34. The van der Waals surface area contributed by atoms with Gasteiger partial charge in [-0.15, -0.1) is 0 Å². The summed E-state index contributed by atoms with van der Waals surface area (Å²) in [6.45, 7) is 10.3. The quantitative estimate of drug-likeness (QED) is 0.411. The van der Waals surface area contributed by atoms with E-state index in [2.05, 4.69) is 46.0 Å². The number of benzene rings is 2. The number of aryl methyl sites for hydroxylation is 2. The van der Waals surface area contributed by atoms with Crippen LogP contribution in [0.5, 0.6) is 0 Å². The normalized spacial score (nSPS) is 11.1. The van der Waals surface area contributed by atoms with Crippen LogP contribution in [0.3, 0.4) is 0 Å². The van der Waals surface area contributed by atoms with Crippen molar-refractivity contribution in [2.24, 2.45) is 5.10 Å². The molecular weight excluding hydrogens is 396 g/mol. The molecule has 0 bridgehead atoms. The molecule has 0 fully saturated rings. The molecular formula is C24H27ClN4O. The number of hydrogen-bond acceptors (Lipinski definition) is 3. The van der Waals surface area contributed by atoms with Gasteiger partial charge in [-0.2, -0.15) is 5.10 Å². The number of aromatic nitrogens is 1. The zero-order chi connectivity index (χ0) is 21.7. The molecule has 3 rings (SSSR count). The van der Waals surface area contributed by atoms with Gasteiger partial charge in [-0.25, -0.2) is 5.43 Å². The predicted octanol–water partition coefficient (Wildman–Crippen LogP) is 5.36. The van der Waals surface area contributed by atoms with Crippen molar-refractivity contribution in [1.82, 2.24) is 9.99 Å².